The summed E-state index contributed by atoms with van der Waals surface area (Å²) in [5.41, 5.74) is 6.47. The first kappa shape index (κ1) is 17.0. The van der Waals surface area contributed by atoms with Crippen LogP contribution in [0.4, 0.5) is 0 Å². The van der Waals surface area contributed by atoms with Crippen molar-refractivity contribution in [3.8, 4) is 0 Å². The molecule has 1 heterocycles. The summed E-state index contributed by atoms with van der Waals surface area (Å²) < 4.78 is 0. The molecule has 0 amide bonds. The summed E-state index contributed by atoms with van der Waals surface area (Å²) in [6.07, 6.45) is 1.82. The average Bonchev–Trinajstić information content (AvgIpc) is 2.49. The molecular formula is C14H28N6. The average molecular weight is 280 g/mol. The minimum absolute atomic E-state index is 0.701. The zero-order valence-corrected chi connectivity index (χ0v) is 12.2. The molecule has 6 heteroatoms. The Morgan fingerprint density at radius 3 is 1.95 bits per heavy atom. The van der Waals surface area contributed by atoms with Gasteiger partial charge in [-0.05, 0) is 12.1 Å². The van der Waals surface area contributed by atoms with Gasteiger partial charge >= 0.3 is 0 Å². The highest BCUT2D eigenvalue weighted by Crippen LogP contribution is 1.90. The van der Waals surface area contributed by atoms with E-state index in [2.05, 4.69) is 26.3 Å². The third kappa shape index (κ3) is 9.82. The van der Waals surface area contributed by atoms with Gasteiger partial charge in [-0.3, -0.25) is 4.98 Å². The molecule has 114 valence electrons. The molecule has 1 rings (SSSR count). The number of pyridine rings is 1. The molecular weight excluding hydrogens is 252 g/mol. The number of nitrogens with two attached hydrogens (primary N) is 1. The van der Waals surface area contributed by atoms with Crippen molar-refractivity contribution in [2.45, 2.75) is 6.54 Å². The lowest BCUT2D eigenvalue weighted by molar-refractivity contribution is 0.566. The fraction of sp³-hybridized carbons (Fsp3) is 0.643. The number of nitrogens with zero attached hydrogens (tertiary/aromatic N) is 1. The molecule has 0 fully saturated rings. The van der Waals surface area contributed by atoms with E-state index in [1.807, 2.05) is 24.4 Å². The number of nitrogens with one attached hydrogen (secondary N) is 4. The van der Waals surface area contributed by atoms with E-state index in [9.17, 15) is 0 Å². The van der Waals surface area contributed by atoms with E-state index in [-0.39, 0.29) is 0 Å². The van der Waals surface area contributed by atoms with Crippen molar-refractivity contribution in [2.24, 2.45) is 5.73 Å². The van der Waals surface area contributed by atoms with Crippen molar-refractivity contribution >= 4 is 0 Å². The summed E-state index contributed by atoms with van der Waals surface area (Å²) in [6.45, 7) is 8.28. The van der Waals surface area contributed by atoms with Gasteiger partial charge in [0, 0.05) is 65.1 Å². The van der Waals surface area contributed by atoms with Crippen molar-refractivity contribution in [3.63, 3.8) is 0 Å². The molecule has 0 aliphatic rings. The minimum Gasteiger partial charge on any atom is -0.329 e. The summed E-state index contributed by atoms with van der Waals surface area (Å²) in [7, 11) is 0. The van der Waals surface area contributed by atoms with Gasteiger partial charge in [0.05, 0.1) is 5.69 Å². The Hall–Kier alpha value is -1.05. The van der Waals surface area contributed by atoms with Gasteiger partial charge in [-0.15, -0.1) is 0 Å². The lowest BCUT2D eigenvalue weighted by atomic mass is 10.3. The maximum atomic E-state index is 5.38. The maximum Gasteiger partial charge on any atom is 0.0541 e. The van der Waals surface area contributed by atoms with Crippen LogP contribution in [0.15, 0.2) is 24.4 Å². The van der Waals surface area contributed by atoms with Gasteiger partial charge in [0.1, 0.15) is 0 Å². The van der Waals surface area contributed by atoms with Crippen LogP contribution in [0.2, 0.25) is 0 Å². The van der Waals surface area contributed by atoms with Crippen LogP contribution >= 0.6 is 0 Å². The van der Waals surface area contributed by atoms with Crippen molar-refractivity contribution in [3.05, 3.63) is 30.1 Å². The molecule has 1 aromatic rings. The van der Waals surface area contributed by atoms with Crippen LogP contribution in [0, 0.1) is 0 Å². The number of hydrogen-bond acceptors (Lipinski definition) is 6. The number of aromatic nitrogens is 1. The Labute approximate surface area is 121 Å². The molecule has 6 nitrogen and oxygen atoms in total. The van der Waals surface area contributed by atoms with Gasteiger partial charge in [0.2, 0.25) is 0 Å². The van der Waals surface area contributed by atoms with E-state index >= 15 is 0 Å². The predicted molar refractivity (Wildman–Crippen MR) is 83.6 cm³/mol. The smallest absolute Gasteiger partial charge is 0.0541 e. The van der Waals surface area contributed by atoms with Gasteiger partial charge in [-0.2, -0.15) is 0 Å². The molecule has 6 N–H and O–H groups in total. The third-order valence-electron chi connectivity index (χ3n) is 2.79. The third-order valence-corrected chi connectivity index (χ3v) is 2.79. The summed E-state index contributed by atoms with van der Waals surface area (Å²) >= 11 is 0. The second-order valence-corrected chi connectivity index (χ2v) is 4.54. The number of hydrogen-bond donors (Lipinski definition) is 5. The van der Waals surface area contributed by atoms with Gasteiger partial charge in [-0.1, -0.05) is 6.07 Å². The topological polar surface area (TPSA) is 87.0 Å². The van der Waals surface area contributed by atoms with Gasteiger partial charge in [0.15, 0.2) is 0 Å². The molecule has 0 unspecified atom stereocenters. The van der Waals surface area contributed by atoms with E-state index in [1.54, 1.807) is 0 Å². The minimum atomic E-state index is 0.701. The Bertz CT molecular complexity index is 306. The molecule has 0 saturated heterocycles. The highest BCUT2D eigenvalue weighted by Gasteiger charge is 1.92. The second kappa shape index (κ2) is 13.0. The zero-order chi connectivity index (χ0) is 14.3. The fourth-order valence-corrected chi connectivity index (χ4v) is 1.73. The van der Waals surface area contributed by atoms with Crippen LogP contribution in [-0.2, 0) is 6.54 Å². The van der Waals surface area contributed by atoms with Gasteiger partial charge in [0.25, 0.3) is 0 Å². The lowest BCUT2D eigenvalue weighted by Crippen LogP contribution is -2.35. The molecule has 1 aromatic heterocycles. The molecule has 0 aliphatic heterocycles. The summed E-state index contributed by atoms with van der Waals surface area (Å²) in [5.74, 6) is 0. The van der Waals surface area contributed by atoms with E-state index < -0.39 is 0 Å². The standard InChI is InChI=1S/C14H28N6/c15-4-6-16-7-8-17-9-10-18-11-12-19-13-14-3-1-2-5-20-14/h1-3,5,16-19H,4,6-13,15H2. The highest BCUT2D eigenvalue weighted by atomic mass is 15.0. The first-order valence-corrected chi connectivity index (χ1v) is 7.36. The summed E-state index contributed by atoms with van der Waals surface area (Å²) in [6, 6.07) is 5.98. The molecule has 0 bridgehead atoms. The largest absolute Gasteiger partial charge is 0.329 e. The first-order valence-electron chi connectivity index (χ1n) is 7.36. The van der Waals surface area contributed by atoms with Crippen molar-refractivity contribution in [2.75, 3.05) is 52.4 Å². The van der Waals surface area contributed by atoms with Crippen LogP contribution in [0.3, 0.4) is 0 Å². The van der Waals surface area contributed by atoms with Crippen LogP contribution in [0.25, 0.3) is 0 Å². The quantitative estimate of drug-likeness (QED) is 0.295. The summed E-state index contributed by atoms with van der Waals surface area (Å²) in [5, 5.41) is 13.4. The SMILES string of the molecule is NCCNCCNCCNCCNCc1ccccn1. The summed E-state index contributed by atoms with van der Waals surface area (Å²) in [4.78, 5) is 4.26. The molecule has 0 aromatic carbocycles. The van der Waals surface area contributed by atoms with Gasteiger partial charge < -0.3 is 27.0 Å². The molecule has 0 radical (unpaired) electrons. The van der Waals surface area contributed by atoms with E-state index in [0.717, 1.165) is 58.1 Å². The molecule has 0 spiro atoms. The van der Waals surface area contributed by atoms with Crippen LogP contribution in [-0.4, -0.2) is 57.3 Å². The molecule has 0 atom stereocenters. The Morgan fingerprint density at radius 2 is 1.40 bits per heavy atom. The zero-order valence-electron chi connectivity index (χ0n) is 12.2. The maximum absolute atomic E-state index is 5.38. The second-order valence-electron chi connectivity index (χ2n) is 4.54. The van der Waals surface area contributed by atoms with Crippen molar-refractivity contribution < 1.29 is 0 Å². The van der Waals surface area contributed by atoms with Crippen LogP contribution in [0.1, 0.15) is 5.69 Å². The van der Waals surface area contributed by atoms with E-state index in [1.165, 1.54) is 0 Å². The monoisotopic (exact) mass is 280 g/mol. The van der Waals surface area contributed by atoms with Crippen LogP contribution < -0.4 is 27.0 Å². The van der Waals surface area contributed by atoms with Crippen molar-refractivity contribution in [1.82, 2.24) is 26.3 Å². The predicted octanol–water partition coefficient (Wildman–Crippen LogP) is -1.10. The number of rotatable bonds is 13. The van der Waals surface area contributed by atoms with Crippen LogP contribution in [0.5, 0.6) is 0 Å². The van der Waals surface area contributed by atoms with E-state index in [0.29, 0.717) is 6.54 Å². The Balaban J connectivity index is 1.77. The molecule has 0 saturated carbocycles. The lowest BCUT2D eigenvalue weighted by Gasteiger charge is -2.08. The normalized spacial score (nSPS) is 10.8. The Kier molecular flexibility index (Phi) is 11.0. The first-order chi connectivity index (χ1) is 9.93. The Morgan fingerprint density at radius 1 is 0.800 bits per heavy atom. The fourth-order valence-electron chi connectivity index (χ4n) is 1.73. The van der Waals surface area contributed by atoms with Crippen molar-refractivity contribution in [1.29, 1.82) is 0 Å². The molecule has 20 heavy (non-hydrogen) atoms. The van der Waals surface area contributed by atoms with Gasteiger partial charge in [-0.25, -0.2) is 0 Å². The highest BCUT2D eigenvalue weighted by molar-refractivity contribution is 5.02. The van der Waals surface area contributed by atoms with E-state index in [4.69, 9.17) is 5.73 Å². The molecule has 0 aliphatic carbocycles.